The van der Waals surface area contributed by atoms with E-state index in [0.717, 1.165) is 16.8 Å². The first-order valence-electron chi connectivity index (χ1n) is 11.4. The lowest BCUT2D eigenvalue weighted by Gasteiger charge is -2.47. The Kier molecular flexibility index (Phi) is 7.31. The van der Waals surface area contributed by atoms with Crippen molar-refractivity contribution in [2.45, 2.75) is 38.0 Å². The minimum atomic E-state index is -1.04. The van der Waals surface area contributed by atoms with E-state index in [0.29, 0.717) is 12.0 Å². The van der Waals surface area contributed by atoms with Crippen molar-refractivity contribution in [1.82, 2.24) is 19.8 Å². The number of hydrogen-bond donors (Lipinski definition) is 2. The van der Waals surface area contributed by atoms with Crippen LogP contribution in [0.25, 0.3) is 0 Å². The molecule has 3 unspecified atom stereocenters. The van der Waals surface area contributed by atoms with Crippen LogP contribution in [-0.2, 0) is 17.8 Å². The van der Waals surface area contributed by atoms with E-state index in [1.807, 2.05) is 49.4 Å². The molecule has 1 saturated heterocycles. The molecule has 3 atom stereocenters. The van der Waals surface area contributed by atoms with Crippen molar-refractivity contribution >= 4 is 12.2 Å². The fourth-order valence-electron chi connectivity index (χ4n) is 4.70. The quantitative estimate of drug-likeness (QED) is 0.558. The number of carboxylic acid groups (broad SMARTS) is 1. The van der Waals surface area contributed by atoms with Gasteiger partial charge in [-0.15, -0.1) is 0 Å². The fourth-order valence-corrected chi connectivity index (χ4v) is 4.70. The van der Waals surface area contributed by atoms with Crippen LogP contribution in [-0.4, -0.2) is 62.2 Å². The Balaban J connectivity index is 1.60. The number of imidazole rings is 1. The Morgan fingerprint density at radius 3 is 2.49 bits per heavy atom. The lowest BCUT2D eigenvalue weighted by Crippen LogP contribution is -2.63. The van der Waals surface area contributed by atoms with Gasteiger partial charge in [0.2, 0.25) is 0 Å². The molecule has 2 amide bonds. The van der Waals surface area contributed by atoms with Gasteiger partial charge in [0.25, 0.3) is 0 Å². The number of amides is 2. The number of hydrogen-bond acceptors (Lipinski definition) is 5. The Morgan fingerprint density at radius 2 is 1.86 bits per heavy atom. The molecule has 2 aromatic carbocycles. The van der Waals surface area contributed by atoms with E-state index in [2.05, 4.69) is 16.0 Å². The second-order valence-electron chi connectivity index (χ2n) is 8.57. The molecule has 0 aliphatic carbocycles. The molecule has 2 N–H and O–H groups in total. The van der Waals surface area contributed by atoms with E-state index in [1.165, 1.54) is 4.90 Å². The van der Waals surface area contributed by atoms with Gasteiger partial charge in [-0.1, -0.05) is 42.5 Å². The summed E-state index contributed by atoms with van der Waals surface area (Å²) in [4.78, 5) is 35.6. The van der Waals surface area contributed by atoms with E-state index < -0.39 is 24.3 Å². The van der Waals surface area contributed by atoms with Crippen LogP contribution in [0.5, 0.6) is 0 Å². The van der Waals surface area contributed by atoms with E-state index in [4.69, 9.17) is 10.00 Å². The van der Waals surface area contributed by atoms with Gasteiger partial charge in [-0.3, -0.25) is 0 Å². The summed E-state index contributed by atoms with van der Waals surface area (Å²) in [6, 6.07) is 17.8. The number of piperazine rings is 1. The number of aromatic nitrogens is 2. The molecule has 2 heterocycles. The molecule has 0 bridgehead atoms. The maximum absolute atomic E-state index is 13.0. The van der Waals surface area contributed by atoms with E-state index >= 15 is 0 Å². The minimum absolute atomic E-state index is 0.144. The number of carbonyl (C=O) groups excluding carboxylic acids is 1. The molecule has 1 fully saturated rings. The van der Waals surface area contributed by atoms with Crippen molar-refractivity contribution in [3.8, 4) is 6.07 Å². The van der Waals surface area contributed by atoms with Crippen molar-refractivity contribution in [1.29, 1.82) is 5.26 Å². The average molecular weight is 474 g/mol. The highest BCUT2D eigenvalue weighted by Crippen LogP contribution is 2.33. The summed E-state index contributed by atoms with van der Waals surface area (Å²) in [6.07, 6.45) is 2.24. The second-order valence-corrected chi connectivity index (χ2v) is 8.57. The molecule has 0 spiro atoms. The molecular weight excluding hydrogens is 446 g/mol. The monoisotopic (exact) mass is 473 g/mol. The third-order valence-corrected chi connectivity index (χ3v) is 6.48. The van der Waals surface area contributed by atoms with Crippen LogP contribution in [0.3, 0.4) is 0 Å². The molecule has 0 saturated carbocycles. The highest BCUT2D eigenvalue weighted by atomic mass is 16.6. The molecule has 35 heavy (non-hydrogen) atoms. The number of rotatable bonds is 6. The van der Waals surface area contributed by atoms with Crippen LogP contribution in [0, 0.1) is 11.3 Å². The highest BCUT2D eigenvalue weighted by molar-refractivity contribution is 5.70. The van der Waals surface area contributed by atoms with Gasteiger partial charge >= 0.3 is 12.2 Å². The minimum Gasteiger partial charge on any atom is -0.465 e. The largest absolute Gasteiger partial charge is 0.465 e. The molecular formula is C26H27N5O4. The molecule has 180 valence electrons. The van der Waals surface area contributed by atoms with E-state index in [1.54, 1.807) is 29.6 Å². The summed E-state index contributed by atoms with van der Waals surface area (Å²) in [5.41, 5.74) is 3.16. The lowest BCUT2D eigenvalue weighted by molar-refractivity contribution is 0.00995. The average Bonchev–Trinajstić information content (AvgIpc) is 3.41. The number of ether oxygens (including phenoxy) is 1. The Morgan fingerprint density at radius 1 is 1.14 bits per heavy atom. The van der Waals surface area contributed by atoms with Crippen molar-refractivity contribution in [2.24, 2.45) is 0 Å². The predicted octanol–water partition coefficient (Wildman–Crippen LogP) is 4.00. The van der Waals surface area contributed by atoms with Gasteiger partial charge in [-0.05, 0) is 36.6 Å². The zero-order valence-corrected chi connectivity index (χ0v) is 19.4. The number of H-pyrrole nitrogens is 1. The SMILES string of the molecule is CC1C(C(Cc2ccc(C#N)cc2)c2cnc[nH]2)N(C(=O)O)CCN1C(=O)OCc1ccccc1. The second kappa shape index (κ2) is 10.7. The van der Waals surface area contributed by atoms with Gasteiger partial charge in [0.05, 0.1) is 30.0 Å². The molecule has 0 radical (unpaired) electrons. The van der Waals surface area contributed by atoms with Gasteiger partial charge in [0.15, 0.2) is 0 Å². The maximum Gasteiger partial charge on any atom is 0.410 e. The molecule has 9 nitrogen and oxygen atoms in total. The van der Waals surface area contributed by atoms with Crippen LogP contribution in [0.15, 0.2) is 67.1 Å². The smallest absolute Gasteiger partial charge is 0.410 e. The number of benzene rings is 2. The van der Waals surface area contributed by atoms with Gasteiger partial charge in [-0.2, -0.15) is 5.26 Å². The predicted molar refractivity (Wildman–Crippen MR) is 128 cm³/mol. The van der Waals surface area contributed by atoms with Crippen LogP contribution >= 0.6 is 0 Å². The molecule has 3 aromatic rings. The van der Waals surface area contributed by atoms with Crippen molar-refractivity contribution in [3.05, 3.63) is 89.5 Å². The summed E-state index contributed by atoms with van der Waals surface area (Å²) < 4.78 is 5.57. The van der Waals surface area contributed by atoms with Gasteiger partial charge in [-0.25, -0.2) is 14.6 Å². The normalized spacial score (nSPS) is 18.5. The van der Waals surface area contributed by atoms with Crippen molar-refractivity contribution in [2.75, 3.05) is 13.1 Å². The first-order valence-corrected chi connectivity index (χ1v) is 11.4. The number of nitrogens with one attached hydrogen (secondary N) is 1. The summed E-state index contributed by atoms with van der Waals surface area (Å²) in [7, 11) is 0. The molecule has 9 heteroatoms. The first kappa shape index (κ1) is 23.8. The third-order valence-electron chi connectivity index (χ3n) is 6.48. The van der Waals surface area contributed by atoms with Gasteiger partial charge in [0, 0.05) is 30.9 Å². The topological polar surface area (TPSA) is 123 Å². The van der Waals surface area contributed by atoms with Crippen LogP contribution in [0.4, 0.5) is 9.59 Å². The number of aromatic amines is 1. The molecule has 1 aliphatic rings. The van der Waals surface area contributed by atoms with Crippen LogP contribution in [0.1, 0.15) is 35.2 Å². The summed E-state index contributed by atoms with van der Waals surface area (Å²) in [5, 5.41) is 19.1. The zero-order chi connectivity index (χ0) is 24.8. The summed E-state index contributed by atoms with van der Waals surface area (Å²) in [6.45, 7) is 2.41. The Bertz CT molecular complexity index is 1170. The lowest BCUT2D eigenvalue weighted by atomic mass is 9.83. The Labute approximate surface area is 203 Å². The molecule has 1 aromatic heterocycles. The third kappa shape index (κ3) is 5.44. The Hall–Kier alpha value is -4.32. The van der Waals surface area contributed by atoms with Gasteiger partial charge in [0.1, 0.15) is 6.61 Å². The number of nitrogens with zero attached hydrogens (tertiary/aromatic N) is 4. The standard InChI is InChI=1S/C26H27N5O4/c1-18-24(22(23-15-28-17-29-23)13-19-7-9-20(14-27)10-8-19)31(25(32)33)12-11-30(18)26(34)35-16-21-5-3-2-4-6-21/h2-10,15,17-18,22,24H,11-13,16H2,1H3,(H,28,29)(H,32,33). The van der Waals surface area contributed by atoms with Crippen LogP contribution in [0.2, 0.25) is 0 Å². The van der Waals surface area contributed by atoms with E-state index in [-0.39, 0.29) is 25.6 Å². The first-order chi connectivity index (χ1) is 17.0. The number of carbonyl (C=O) groups is 2. The fraction of sp³-hybridized carbons (Fsp3) is 0.308. The molecule has 4 rings (SSSR count). The zero-order valence-electron chi connectivity index (χ0n) is 19.4. The van der Waals surface area contributed by atoms with Crippen molar-refractivity contribution in [3.63, 3.8) is 0 Å². The highest BCUT2D eigenvalue weighted by Gasteiger charge is 2.44. The van der Waals surface area contributed by atoms with Crippen LogP contribution < -0.4 is 0 Å². The summed E-state index contributed by atoms with van der Waals surface area (Å²) >= 11 is 0. The molecule has 1 aliphatic heterocycles. The van der Waals surface area contributed by atoms with Crippen molar-refractivity contribution < 1.29 is 19.4 Å². The summed E-state index contributed by atoms with van der Waals surface area (Å²) in [5.74, 6) is -0.304. The van der Waals surface area contributed by atoms with E-state index in [9.17, 15) is 14.7 Å². The maximum atomic E-state index is 13.0. The number of nitriles is 1. The van der Waals surface area contributed by atoms with Gasteiger partial charge < -0.3 is 24.6 Å².